The van der Waals surface area contributed by atoms with Gasteiger partial charge in [0.25, 0.3) is 0 Å². The second kappa shape index (κ2) is 8.63. The third kappa shape index (κ3) is 4.03. The van der Waals surface area contributed by atoms with E-state index in [1.807, 2.05) is 15.4 Å². The first-order valence-corrected chi connectivity index (χ1v) is 13.0. The molecule has 4 aromatic heterocycles. The minimum atomic E-state index is -0.256. The lowest BCUT2D eigenvalue weighted by atomic mass is 9.91. The Morgan fingerprint density at radius 2 is 1.97 bits per heavy atom. The van der Waals surface area contributed by atoms with Crippen LogP contribution in [0.25, 0.3) is 11.2 Å². The van der Waals surface area contributed by atoms with Crippen molar-refractivity contribution in [3.05, 3.63) is 45.9 Å². The monoisotopic (exact) mass is 525 g/mol. The highest BCUT2D eigenvalue weighted by Gasteiger charge is 2.56. The molecule has 2 aliphatic carbocycles. The molecule has 6 rings (SSSR count). The van der Waals surface area contributed by atoms with E-state index < -0.39 is 0 Å². The lowest BCUT2D eigenvalue weighted by Crippen LogP contribution is -2.45. The molecule has 0 saturated heterocycles. The third-order valence-electron chi connectivity index (χ3n) is 7.43. The number of aromatic nitrogens is 7. The molecule has 0 radical (unpaired) electrons. The molecule has 0 aromatic carbocycles. The third-order valence-corrected chi connectivity index (χ3v) is 8.70. The number of imidazole rings is 1. The average molecular weight is 526 g/mol. The average Bonchev–Trinajstić information content (AvgIpc) is 3.67. The van der Waals surface area contributed by atoms with Crippen LogP contribution in [0.15, 0.2) is 31.0 Å². The van der Waals surface area contributed by atoms with Crippen molar-refractivity contribution >= 4 is 51.6 Å². The molecule has 2 fully saturated rings. The minimum absolute atomic E-state index is 0.0540. The zero-order valence-corrected chi connectivity index (χ0v) is 20.9. The number of carbonyl (C=O) groups excluding carboxylic acids is 2. The Morgan fingerprint density at radius 1 is 1.14 bits per heavy atom. The maximum absolute atomic E-state index is 12.7. The molecule has 3 N–H and O–H groups in total. The van der Waals surface area contributed by atoms with Crippen LogP contribution < -0.4 is 11.1 Å². The summed E-state index contributed by atoms with van der Waals surface area (Å²) in [7, 11) is 0. The van der Waals surface area contributed by atoms with E-state index in [-0.39, 0.29) is 35.6 Å². The second-order valence-corrected chi connectivity index (χ2v) is 11.4. The smallest absolute Gasteiger partial charge is 0.220 e. The van der Waals surface area contributed by atoms with Gasteiger partial charge in [-0.25, -0.2) is 19.6 Å². The van der Waals surface area contributed by atoms with Crippen molar-refractivity contribution in [1.82, 2.24) is 39.8 Å². The summed E-state index contributed by atoms with van der Waals surface area (Å²) < 4.78 is 4.41. The molecule has 2 aliphatic rings. The van der Waals surface area contributed by atoms with Gasteiger partial charge in [-0.3, -0.25) is 9.59 Å². The molecular weight excluding hydrogens is 502 g/mol. The Kier molecular flexibility index (Phi) is 5.52. The SMILES string of the molecule is Nc1ncnc2c1ncn2Cc1cn(C23CCC(NC(=O)CCC(=O)c4ccc(Cl)s4)(CC2)C3)nn1. The van der Waals surface area contributed by atoms with Crippen molar-refractivity contribution in [3.8, 4) is 0 Å². The number of anilines is 1. The fraction of sp³-hybridized carbons (Fsp3) is 0.435. The van der Waals surface area contributed by atoms with Crippen molar-refractivity contribution in [3.63, 3.8) is 0 Å². The largest absolute Gasteiger partial charge is 0.382 e. The lowest BCUT2D eigenvalue weighted by molar-refractivity contribution is -0.122. The van der Waals surface area contributed by atoms with E-state index in [4.69, 9.17) is 17.3 Å². The fourth-order valence-electron chi connectivity index (χ4n) is 5.62. The summed E-state index contributed by atoms with van der Waals surface area (Å²) in [5, 5.41) is 12.1. The van der Waals surface area contributed by atoms with Gasteiger partial charge in [0.15, 0.2) is 17.2 Å². The Morgan fingerprint density at radius 3 is 2.75 bits per heavy atom. The highest BCUT2D eigenvalue weighted by molar-refractivity contribution is 7.18. The maximum atomic E-state index is 12.7. The molecule has 4 aromatic rings. The van der Waals surface area contributed by atoms with Crippen molar-refractivity contribution in [2.75, 3.05) is 5.73 Å². The number of fused-ring (bicyclic) bond motifs is 3. The van der Waals surface area contributed by atoms with Gasteiger partial charge in [0.05, 0.1) is 33.8 Å². The number of nitrogens with two attached hydrogens (primary N) is 1. The van der Waals surface area contributed by atoms with Crippen LogP contribution >= 0.6 is 22.9 Å². The quantitative estimate of drug-likeness (QED) is 0.334. The van der Waals surface area contributed by atoms with E-state index in [9.17, 15) is 9.59 Å². The molecule has 1 amide bonds. The van der Waals surface area contributed by atoms with Crippen LogP contribution in [0.5, 0.6) is 0 Å². The van der Waals surface area contributed by atoms with Gasteiger partial charge in [-0.15, -0.1) is 16.4 Å². The molecule has 2 bridgehead atoms. The van der Waals surface area contributed by atoms with Crippen LogP contribution in [-0.4, -0.2) is 51.7 Å². The highest BCUT2D eigenvalue weighted by Crippen LogP contribution is 2.54. The zero-order chi connectivity index (χ0) is 24.9. The summed E-state index contributed by atoms with van der Waals surface area (Å²) in [6, 6.07) is 3.41. The van der Waals surface area contributed by atoms with E-state index in [0.717, 1.165) is 37.8 Å². The molecule has 2 saturated carbocycles. The predicted octanol–water partition coefficient (Wildman–Crippen LogP) is 2.95. The molecule has 0 aliphatic heterocycles. The second-order valence-electron chi connectivity index (χ2n) is 9.71. The van der Waals surface area contributed by atoms with E-state index in [0.29, 0.717) is 32.7 Å². The molecule has 186 valence electrons. The summed E-state index contributed by atoms with van der Waals surface area (Å²) in [4.78, 5) is 38.2. The first-order chi connectivity index (χ1) is 17.3. The van der Waals surface area contributed by atoms with E-state index in [1.54, 1.807) is 18.5 Å². The molecule has 11 nitrogen and oxygen atoms in total. The van der Waals surface area contributed by atoms with Crippen LogP contribution in [-0.2, 0) is 16.9 Å². The maximum Gasteiger partial charge on any atom is 0.220 e. The van der Waals surface area contributed by atoms with Gasteiger partial charge in [-0.05, 0) is 44.2 Å². The summed E-state index contributed by atoms with van der Waals surface area (Å²) in [6.07, 6.45) is 9.82. The molecule has 0 unspecified atom stereocenters. The highest BCUT2D eigenvalue weighted by atomic mass is 35.5. The number of amides is 1. The van der Waals surface area contributed by atoms with E-state index in [2.05, 4.69) is 30.6 Å². The minimum Gasteiger partial charge on any atom is -0.382 e. The van der Waals surface area contributed by atoms with Crippen molar-refractivity contribution in [1.29, 1.82) is 0 Å². The standard InChI is InChI=1S/C23H24ClN9O2S/c24-17-3-2-16(36-17)15(34)1-4-18(35)29-22-5-7-23(11-22,8-6-22)33-10-14(30-31-33)9-32-13-28-19-20(25)26-12-27-21(19)32/h2-3,10,12-13H,1,4-9,11H2,(H,29,35)(H2,25,26,27). The van der Waals surface area contributed by atoms with Crippen molar-refractivity contribution in [2.45, 2.75) is 62.6 Å². The van der Waals surface area contributed by atoms with Gasteiger partial charge in [-0.1, -0.05) is 16.8 Å². The number of hydrogen-bond donors (Lipinski definition) is 2. The summed E-state index contributed by atoms with van der Waals surface area (Å²) in [5.74, 6) is 0.204. The number of nitrogen functional groups attached to an aromatic ring is 1. The molecule has 0 spiro atoms. The van der Waals surface area contributed by atoms with Crippen LogP contribution in [0.3, 0.4) is 0 Å². The summed E-state index contributed by atoms with van der Waals surface area (Å²) in [6.45, 7) is 0.467. The van der Waals surface area contributed by atoms with Gasteiger partial charge in [0.2, 0.25) is 5.91 Å². The van der Waals surface area contributed by atoms with Crippen LogP contribution in [0.1, 0.15) is 60.3 Å². The zero-order valence-electron chi connectivity index (χ0n) is 19.4. The Labute approximate surface area is 215 Å². The number of nitrogens with one attached hydrogen (secondary N) is 1. The first-order valence-electron chi connectivity index (χ1n) is 11.8. The number of ketones is 1. The molecule has 0 atom stereocenters. The predicted molar refractivity (Wildman–Crippen MR) is 134 cm³/mol. The fourth-order valence-corrected chi connectivity index (χ4v) is 6.63. The topological polar surface area (TPSA) is 146 Å². The van der Waals surface area contributed by atoms with Crippen LogP contribution in [0.2, 0.25) is 4.34 Å². The summed E-state index contributed by atoms with van der Waals surface area (Å²) in [5.41, 5.74) is 7.48. The number of halogens is 1. The van der Waals surface area contributed by atoms with E-state index >= 15 is 0 Å². The first kappa shape index (κ1) is 23.0. The Balaban J connectivity index is 1.09. The van der Waals surface area contributed by atoms with Gasteiger partial charge in [-0.2, -0.15) is 0 Å². The molecule has 4 heterocycles. The lowest BCUT2D eigenvalue weighted by Gasteiger charge is -2.28. The number of carbonyl (C=O) groups is 2. The molecular formula is C23H24ClN9O2S. The van der Waals surface area contributed by atoms with Gasteiger partial charge < -0.3 is 15.6 Å². The van der Waals surface area contributed by atoms with Gasteiger partial charge in [0, 0.05) is 18.4 Å². The number of nitrogens with zero attached hydrogens (tertiary/aromatic N) is 7. The Bertz CT molecular complexity index is 1470. The summed E-state index contributed by atoms with van der Waals surface area (Å²) >= 11 is 7.16. The number of hydrogen-bond acceptors (Lipinski definition) is 9. The Hall–Kier alpha value is -3.38. The van der Waals surface area contributed by atoms with Crippen molar-refractivity contribution < 1.29 is 9.59 Å². The molecule has 13 heteroatoms. The number of rotatable bonds is 8. The molecule has 36 heavy (non-hydrogen) atoms. The van der Waals surface area contributed by atoms with Gasteiger partial charge in [0.1, 0.15) is 17.5 Å². The van der Waals surface area contributed by atoms with Gasteiger partial charge >= 0.3 is 0 Å². The number of Topliss-reactive ketones (excluding diaryl/α,β-unsaturated/α-hetero) is 1. The van der Waals surface area contributed by atoms with E-state index in [1.165, 1.54) is 17.7 Å². The normalized spacial score (nSPS) is 22.9. The van der Waals surface area contributed by atoms with Crippen LogP contribution in [0.4, 0.5) is 5.82 Å². The van der Waals surface area contributed by atoms with Crippen LogP contribution in [0, 0.1) is 0 Å². The van der Waals surface area contributed by atoms with Crippen molar-refractivity contribution in [2.24, 2.45) is 0 Å². The number of thiophene rings is 1.